The highest BCUT2D eigenvalue weighted by Crippen LogP contribution is 2.36. The third-order valence-electron chi connectivity index (χ3n) is 6.60. The second-order valence-electron chi connectivity index (χ2n) is 8.74. The molecule has 2 aliphatic carbocycles. The minimum Gasteiger partial charge on any atom is -0.300 e. The van der Waals surface area contributed by atoms with E-state index in [2.05, 4.69) is 6.92 Å². The minimum absolute atomic E-state index is 0.0121. The molecule has 0 aliphatic heterocycles. The van der Waals surface area contributed by atoms with E-state index < -0.39 is 0 Å². The van der Waals surface area contributed by atoms with Crippen LogP contribution in [0.15, 0.2) is 23.8 Å². The molecule has 0 bridgehead atoms. The van der Waals surface area contributed by atoms with E-state index in [0.29, 0.717) is 37.0 Å². The lowest BCUT2D eigenvalue weighted by Gasteiger charge is -2.31. The number of hydrogen-bond donors (Lipinski definition) is 0. The van der Waals surface area contributed by atoms with Crippen molar-refractivity contribution < 1.29 is 14.4 Å². The van der Waals surface area contributed by atoms with Crippen LogP contribution in [-0.2, 0) is 14.4 Å². The van der Waals surface area contributed by atoms with Crippen LogP contribution < -0.4 is 0 Å². The van der Waals surface area contributed by atoms with Crippen LogP contribution in [0, 0.1) is 17.8 Å². The summed E-state index contributed by atoms with van der Waals surface area (Å²) in [7, 11) is 0. The normalized spacial score (nSPS) is 24.6. The van der Waals surface area contributed by atoms with Gasteiger partial charge in [-0.3, -0.25) is 14.4 Å². The van der Waals surface area contributed by atoms with Gasteiger partial charge in [0.25, 0.3) is 0 Å². The Hall–Kier alpha value is -1.51. The highest BCUT2D eigenvalue weighted by atomic mass is 16.1. The lowest BCUT2D eigenvalue weighted by Crippen LogP contribution is -2.21. The quantitative estimate of drug-likeness (QED) is 0.377. The molecule has 2 rings (SSSR count). The van der Waals surface area contributed by atoms with Crippen molar-refractivity contribution in [1.29, 1.82) is 0 Å². The second kappa shape index (κ2) is 12.1. The van der Waals surface area contributed by atoms with E-state index in [1.165, 1.54) is 45.4 Å². The van der Waals surface area contributed by atoms with E-state index in [1.54, 1.807) is 6.08 Å². The van der Waals surface area contributed by atoms with Crippen LogP contribution in [0.1, 0.15) is 97.3 Å². The van der Waals surface area contributed by atoms with Crippen molar-refractivity contribution in [2.45, 2.75) is 97.3 Å². The lowest BCUT2D eigenvalue weighted by molar-refractivity contribution is -0.124. The molecule has 1 saturated carbocycles. The molecule has 0 aromatic rings. The van der Waals surface area contributed by atoms with E-state index in [4.69, 9.17) is 0 Å². The third-order valence-corrected chi connectivity index (χ3v) is 6.60. The molecule has 3 atom stereocenters. The molecular formula is C25H38O3. The van der Waals surface area contributed by atoms with E-state index in [-0.39, 0.29) is 17.5 Å². The van der Waals surface area contributed by atoms with Gasteiger partial charge in [0.1, 0.15) is 11.6 Å². The molecule has 0 radical (unpaired) electrons. The zero-order valence-electron chi connectivity index (χ0n) is 17.9. The number of rotatable bonds is 12. The molecule has 0 aromatic carbocycles. The summed E-state index contributed by atoms with van der Waals surface area (Å²) in [4.78, 5) is 36.5. The summed E-state index contributed by atoms with van der Waals surface area (Å²) in [5.41, 5.74) is 0.637. The molecule has 1 fully saturated rings. The maximum Gasteiger partial charge on any atom is 0.156 e. The van der Waals surface area contributed by atoms with Crippen LogP contribution in [0.3, 0.4) is 0 Å². The van der Waals surface area contributed by atoms with Crippen LogP contribution in [0.25, 0.3) is 0 Å². The van der Waals surface area contributed by atoms with Crippen molar-refractivity contribution in [3.8, 4) is 0 Å². The van der Waals surface area contributed by atoms with Gasteiger partial charge in [0.15, 0.2) is 5.78 Å². The Balaban J connectivity index is 1.64. The molecule has 3 heteroatoms. The molecule has 3 unspecified atom stereocenters. The number of ketones is 3. The third kappa shape index (κ3) is 7.14. The van der Waals surface area contributed by atoms with Crippen LogP contribution in [-0.4, -0.2) is 17.3 Å². The number of unbranched alkanes of at least 4 members (excludes halogenated alkanes) is 1. The van der Waals surface area contributed by atoms with Crippen LogP contribution in [0.2, 0.25) is 0 Å². The summed E-state index contributed by atoms with van der Waals surface area (Å²) in [5.74, 6) is 1.79. The van der Waals surface area contributed by atoms with E-state index in [9.17, 15) is 14.4 Å². The fraction of sp³-hybridized carbons (Fsp3) is 0.720. The van der Waals surface area contributed by atoms with Crippen molar-refractivity contribution in [2.24, 2.45) is 17.8 Å². The Bertz CT molecular complexity index is 597. The zero-order chi connectivity index (χ0) is 20.4. The van der Waals surface area contributed by atoms with Crippen molar-refractivity contribution in [3.63, 3.8) is 0 Å². The monoisotopic (exact) mass is 386 g/mol. The fourth-order valence-electron chi connectivity index (χ4n) is 4.98. The van der Waals surface area contributed by atoms with Crippen molar-refractivity contribution in [3.05, 3.63) is 23.8 Å². The van der Waals surface area contributed by atoms with Gasteiger partial charge in [0.05, 0.1) is 0 Å². The van der Waals surface area contributed by atoms with Crippen molar-refractivity contribution in [2.75, 3.05) is 0 Å². The fourth-order valence-corrected chi connectivity index (χ4v) is 4.98. The Labute approximate surface area is 171 Å². The Kier molecular flexibility index (Phi) is 9.87. The molecule has 0 aromatic heterocycles. The molecule has 3 nitrogen and oxygen atoms in total. The molecule has 28 heavy (non-hydrogen) atoms. The topological polar surface area (TPSA) is 51.2 Å². The van der Waals surface area contributed by atoms with Gasteiger partial charge in [0.2, 0.25) is 0 Å². The molecule has 0 amide bonds. The molecule has 0 N–H and O–H groups in total. The average molecular weight is 387 g/mol. The Morgan fingerprint density at radius 3 is 2.32 bits per heavy atom. The lowest BCUT2D eigenvalue weighted by atomic mass is 9.74. The first-order valence-electron chi connectivity index (χ1n) is 11.4. The van der Waals surface area contributed by atoms with Gasteiger partial charge in [-0.05, 0) is 44.4 Å². The predicted octanol–water partition coefficient (Wildman–Crippen LogP) is 6.16. The van der Waals surface area contributed by atoms with Gasteiger partial charge in [-0.15, -0.1) is 0 Å². The van der Waals surface area contributed by atoms with Crippen molar-refractivity contribution in [1.82, 2.24) is 0 Å². The maximum atomic E-state index is 12.5. The number of carbonyl (C=O) groups excluding carboxylic acids is 3. The van der Waals surface area contributed by atoms with E-state index >= 15 is 0 Å². The Morgan fingerprint density at radius 2 is 1.64 bits per heavy atom. The Morgan fingerprint density at radius 1 is 0.964 bits per heavy atom. The predicted molar refractivity (Wildman–Crippen MR) is 114 cm³/mol. The van der Waals surface area contributed by atoms with Gasteiger partial charge >= 0.3 is 0 Å². The van der Waals surface area contributed by atoms with Gasteiger partial charge < -0.3 is 0 Å². The summed E-state index contributed by atoms with van der Waals surface area (Å²) >= 11 is 0. The van der Waals surface area contributed by atoms with Gasteiger partial charge in [-0.25, -0.2) is 0 Å². The first kappa shape index (κ1) is 22.8. The summed E-state index contributed by atoms with van der Waals surface area (Å²) < 4.78 is 0. The highest BCUT2D eigenvalue weighted by molar-refractivity contribution is 6.01. The summed E-state index contributed by atoms with van der Waals surface area (Å²) in [6.07, 6.45) is 18.5. The molecule has 0 spiro atoms. The van der Waals surface area contributed by atoms with E-state index in [1.807, 2.05) is 12.2 Å². The van der Waals surface area contributed by atoms with E-state index in [0.717, 1.165) is 31.1 Å². The summed E-state index contributed by atoms with van der Waals surface area (Å²) in [6, 6.07) is 0. The average Bonchev–Trinajstić information content (AvgIpc) is 2.70. The van der Waals surface area contributed by atoms with Crippen LogP contribution in [0.5, 0.6) is 0 Å². The first-order valence-corrected chi connectivity index (χ1v) is 11.4. The zero-order valence-corrected chi connectivity index (χ0v) is 17.9. The smallest absolute Gasteiger partial charge is 0.156 e. The molecular weight excluding hydrogens is 348 g/mol. The summed E-state index contributed by atoms with van der Waals surface area (Å²) in [6.45, 7) is 3.79. The SMILES string of the molecule is CCCC1CCCCC1CCC(=O)CCCCC(=O)C1CC=CC=C1C(C)=O. The second-order valence-corrected chi connectivity index (χ2v) is 8.74. The first-order chi connectivity index (χ1) is 13.5. The largest absolute Gasteiger partial charge is 0.300 e. The number of Topliss-reactive ketones (excluding diaryl/α,β-unsaturated/α-hetero) is 3. The van der Waals surface area contributed by atoms with Crippen LogP contribution >= 0.6 is 0 Å². The molecule has 0 heterocycles. The minimum atomic E-state index is -0.278. The number of hydrogen-bond acceptors (Lipinski definition) is 3. The van der Waals surface area contributed by atoms with Gasteiger partial charge in [-0.1, -0.05) is 63.7 Å². The highest BCUT2D eigenvalue weighted by Gasteiger charge is 2.26. The maximum absolute atomic E-state index is 12.5. The standard InChI is InChI=1S/C25H38O3/c1-3-10-20-11-4-5-12-21(20)17-18-22(27)13-6-9-16-25(28)24-15-8-7-14-23(24)19(2)26/h7-8,14,20-21,24H,3-6,9-13,15-18H2,1-2H3. The molecule has 156 valence electrons. The van der Waals surface area contributed by atoms with Crippen molar-refractivity contribution >= 4 is 17.3 Å². The number of carbonyl (C=O) groups is 3. The molecule has 0 saturated heterocycles. The summed E-state index contributed by atoms with van der Waals surface area (Å²) in [5, 5.41) is 0. The van der Waals surface area contributed by atoms with Crippen LogP contribution in [0.4, 0.5) is 0 Å². The van der Waals surface area contributed by atoms with Gasteiger partial charge in [-0.2, -0.15) is 0 Å². The van der Waals surface area contributed by atoms with Gasteiger partial charge in [0, 0.05) is 30.8 Å². The number of allylic oxidation sites excluding steroid dienone is 4. The molecule has 2 aliphatic rings.